The van der Waals surface area contributed by atoms with E-state index in [2.05, 4.69) is 41.5 Å². The van der Waals surface area contributed by atoms with Crippen LogP contribution >= 0.6 is 0 Å². The third kappa shape index (κ3) is 5.11. The fourth-order valence-corrected chi connectivity index (χ4v) is 4.34. The zero-order chi connectivity index (χ0) is 17.9. The van der Waals surface area contributed by atoms with Crippen molar-refractivity contribution in [1.82, 2.24) is 0 Å². The highest BCUT2D eigenvalue weighted by molar-refractivity contribution is 5.53. The van der Waals surface area contributed by atoms with E-state index in [1.54, 1.807) is 33.4 Å². The standard InChI is InChI=1S/C24H42/c1-7-13-16-22-19(10-4)23(17-14-8-2)21(12-6)24(18-15-9-3)20(22)11-5/h7-18H2,1-6H3. The van der Waals surface area contributed by atoms with Crippen molar-refractivity contribution >= 4 is 0 Å². The minimum atomic E-state index is 1.21. The SMILES string of the molecule is CCCCc1c(CC)c(CCCC)c(CC)c(CCCC)c1CC. The third-order valence-corrected chi connectivity index (χ3v) is 5.59. The minimum absolute atomic E-state index is 1.21. The minimum Gasteiger partial charge on any atom is -0.0654 e. The lowest BCUT2D eigenvalue weighted by atomic mass is 9.79. The summed E-state index contributed by atoms with van der Waals surface area (Å²) >= 11 is 0. The van der Waals surface area contributed by atoms with Crippen molar-refractivity contribution in [2.45, 2.75) is 119 Å². The Hall–Kier alpha value is -0.780. The van der Waals surface area contributed by atoms with Gasteiger partial charge < -0.3 is 0 Å². The summed E-state index contributed by atoms with van der Waals surface area (Å²) in [6.45, 7) is 14.1. The quantitative estimate of drug-likeness (QED) is 0.374. The zero-order valence-corrected chi connectivity index (χ0v) is 17.5. The fourth-order valence-electron chi connectivity index (χ4n) is 4.34. The Labute approximate surface area is 152 Å². The van der Waals surface area contributed by atoms with Crippen molar-refractivity contribution in [3.8, 4) is 0 Å². The number of hydrogen-bond donors (Lipinski definition) is 0. The molecular formula is C24H42. The molecule has 0 aliphatic carbocycles. The Morgan fingerprint density at radius 3 is 0.792 bits per heavy atom. The van der Waals surface area contributed by atoms with Gasteiger partial charge in [0.1, 0.15) is 0 Å². The highest BCUT2D eigenvalue weighted by Crippen LogP contribution is 2.33. The monoisotopic (exact) mass is 330 g/mol. The molecule has 0 fully saturated rings. The topological polar surface area (TPSA) is 0 Å². The van der Waals surface area contributed by atoms with Gasteiger partial charge in [0.2, 0.25) is 0 Å². The Kier molecular flexibility index (Phi) is 10.4. The summed E-state index contributed by atoms with van der Waals surface area (Å²) < 4.78 is 0. The largest absolute Gasteiger partial charge is 0.0654 e. The molecule has 0 saturated heterocycles. The van der Waals surface area contributed by atoms with Crippen LogP contribution in [0.4, 0.5) is 0 Å². The molecule has 0 heteroatoms. The number of unbranched alkanes of at least 4 members (excludes halogenated alkanes) is 3. The first-order chi connectivity index (χ1) is 11.7. The number of hydrogen-bond acceptors (Lipinski definition) is 0. The summed E-state index contributed by atoms with van der Waals surface area (Å²) in [6.07, 6.45) is 15.5. The van der Waals surface area contributed by atoms with Crippen molar-refractivity contribution in [2.75, 3.05) is 0 Å². The second-order valence-corrected chi connectivity index (χ2v) is 7.24. The maximum atomic E-state index is 2.38. The number of rotatable bonds is 12. The molecule has 0 unspecified atom stereocenters. The van der Waals surface area contributed by atoms with E-state index in [-0.39, 0.29) is 0 Å². The molecule has 0 saturated carbocycles. The fraction of sp³-hybridized carbons (Fsp3) is 0.750. The summed E-state index contributed by atoms with van der Waals surface area (Å²) in [4.78, 5) is 0. The molecule has 0 aliphatic heterocycles. The molecule has 0 atom stereocenters. The van der Waals surface area contributed by atoms with E-state index in [1.165, 1.54) is 77.0 Å². The average Bonchev–Trinajstić information content (AvgIpc) is 2.61. The molecule has 0 bridgehead atoms. The van der Waals surface area contributed by atoms with Crippen LogP contribution in [0.3, 0.4) is 0 Å². The first kappa shape index (κ1) is 21.3. The van der Waals surface area contributed by atoms with Crippen LogP contribution in [0.5, 0.6) is 0 Å². The molecular weight excluding hydrogens is 288 g/mol. The molecule has 0 N–H and O–H groups in total. The molecule has 1 aromatic rings. The summed E-state index contributed by atoms with van der Waals surface area (Å²) in [5, 5.41) is 0. The maximum Gasteiger partial charge on any atom is -0.0273 e. The highest BCUT2D eigenvalue weighted by atomic mass is 14.2. The van der Waals surface area contributed by atoms with E-state index in [0.717, 1.165) is 0 Å². The Morgan fingerprint density at radius 1 is 0.375 bits per heavy atom. The highest BCUT2D eigenvalue weighted by Gasteiger charge is 2.20. The van der Waals surface area contributed by atoms with Gasteiger partial charge in [-0.2, -0.15) is 0 Å². The Morgan fingerprint density at radius 2 is 0.625 bits per heavy atom. The van der Waals surface area contributed by atoms with Crippen LogP contribution in [0.1, 0.15) is 113 Å². The molecule has 0 spiro atoms. The lowest BCUT2D eigenvalue weighted by Gasteiger charge is -2.26. The Balaban J connectivity index is 3.57. The number of benzene rings is 1. The van der Waals surface area contributed by atoms with Gasteiger partial charge in [0.15, 0.2) is 0 Å². The molecule has 0 radical (unpaired) electrons. The van der Waals surface area contributed by atoms with Crippen molar-refractivity contribution in [2.24, 2.45) is 0 Å². The lowest BCUT2D eigenvalue weighted by molar-refractivity contribution is 0.729. The predicted octanol–water partition coefficient (Wildman–Crippen LogP) is 7.40. The van der Waals surface area contributed by atoms with Crippen molar-refractivity contribution < 1.29 is 0 Å². The van der Waals surface area contributed by atoms with E-state index in [4.69, 9.17) is 0 Å². The molecule has 0 aromatic heterocycles. The van der Waals surface area contributed by atoms with Gasteiger partial charge in [-0.25, -0.2) is 0 Å². The smallest absolute Gasteiger partial charge is 0.0273 e. The van der Waals surface area contributed by atoms with Crippen LogP contribution in [0.25, 0.3) is 0 Å². The molecule has 0 heterocycles. The molecule has 0 amide bonds. The molecule has 0 aliphatic rings. The van der Waals surface area contributed by atoms with E-state index >= 15 is 0 Å². The van der Waals surface area contributed by atoms with Crippen LogP contribution in [-0.4, -0.2) is 0 Å². The second kappa shape index (κ2) is 11.7. The van der Waals surface area contributed by atoms with Crippen molar-refractivity contribution in [3.63, 3.8) is 0 Å². The van der Waals surface area contributed by atoms with E-state index in [9.17, 15) is 0 Å². The van der Waals surface area contributed by atoms with Crippen molar-refractivity contribution in [1.29, 1.82) is 0 Å². The van der Waals surface area contributed by atoms with Gasteiger partial charge >= 0.3 is 0 Å². The zero-order valence-electron chi connectivity index (χ0n) is 17.5. The molecule has 0 nitrogen and oxygen atoms in total. The van der Waals surface area contributed by atoms with Crippen LogP contribution in [0.2, 0.25) is 0 Å². The Bertz CT molecular complexity index is 389. The van der Waals surface area contributed by atoms with Gasteiger partial charge in [0.25, 0.3) is 0 Å². The molecule has 138 valence electrons. The summed E-state index contributed by atoms with van der Waals surface area (Å²) in [5.74, 6) is 0. The first-order valence-corrected chi connectivity index (χ1v) is 10.9. The lowest BCUT2D eigenvalue weighted by Crippen LogP contribution is -2.13. The summed E-state index contributed by atoms with van der Waals surface area (Å²) in [5.41, 5.74) is 10.4. The molecule has 1 rings (SSSR count). The molecule has 24 heavy (non-hydrogen) atoms. The van der Waals surface area contributed by atoms with Gasteiger partial charge in [-0.15, -0.1) is 0 Å². The van der Waals surface area contributed by atoms with Crippen LogP contribution in [0, 0.1) is 0 Å². The van der Waals surface area contributed by atoms with Gasteiger partial charge in [-0.05, 0) is 91.2 Å². The van der Waals surface area contributed by atoms with Gasteiger partial charge in [0.05, 0.1) is 0 Å². The van der Waals surface area contributed by atoms with E-state index in [1.807, 2.05) is 0 Å². The average molecular weight is 331 g/mol. The van der Waals surface area contributed by atoms with Crippen LogP contribution in [-0.2, 0) is 38.5 Å². The van der Waals surface area contributed by atoms with Crippen LogP contribution < -0.4 is 0 Å². The van der Waals surface area contributed by atoms with Crippen molar-refractivity contribution in [3.05, 3.63) is 33.4 Å². The summed E-state index contributed by atoms with van der Waals surface area (Å²) in [6, 6.07) is 0. The predicted molar refractivity (Wildman–Crippen MR) is 110 cm³/mol. The second-order valence-electron chi connectivity index (χ2n) is 7.24. The van der Waals surface area contributed by atoms with E-state index in [0.29, 0.717) is 0 Å². The van der Waals surface area contributed by atoms with Crippen LogP contribution in [0.15, 0.2) is 0 Å². The normalized spacial score (nSPS) is 11.2. The van der Waals surface area contributed by atoms with Gasteiger partial charge in [-0.3, -0.25) is 0 Å². The third-order valence-electron chi connectivity index (χ3n) is 5.59. The first-order valence-electron chi connectivity index (χ1n) is 10.9. The van der Waals surface area contributed by atoms with Gasteiger partial charge in [-0.1, -0.05) is 60.8 Å². The van der Waals surface area contributed by atoms with E-state index < -0.39 is 0 Å². The maximum absolute atomic E-state index is 2.38. The van der Waals surface area contributed by atoms with Gasteiger partial charge in [0, 0.05) is 0 Å². The summed E-state index contributed by atoms with van der Waals surface area (Å²) in [7, 11) is 0. The molecule has 1 aromatic carbocycles.